The summed E-state index contributed by atoms with van der Waals surface area (Å²) in [5.41, 5.74) is 4.79. The van der Waals surface area contributed by atoms with Crippen molar-refractivity contribution >= 4 is 28.6 Å². The van der Waals surface area contributed by atoms with Gasteiger partial charge in [-0.05, 0) is 42.8 Å². The van der Waals surface area contributed by atoms with Crippen molar-refractivity contribution < 1.29 is 4.79 Å². The number of anilines is 2. The number of rotatable bonds is 3. The normalized spacial score (nSPS) is 10.6. The van der Waals surface area contributed by atoms with Gasteiger partial charge in [-0.15, -0.1) is 0 Å². The van der Waals surface area contributed by atoms with E-state index in [1.54, 1.807) is 6.07 Å². The van der Waals surface area contributed by atoms with Gasteiger partial charge in [0.2, 0.25) is 0 Å². The lowest BCUT2D eigenvalue weighted by Gasteiger charge is -2.12. The summed E-state index contributed by atoms with van der Waals surface area (Å²) in [4.78, 5) is 14.2. The van der Waals surface area contributed by atoms with Crippen LogP contribution in [0.15, 0.2) is 48.7 Å². The molecule has 0 aliphatic carbocycles. The van der Waals surface area contributed by atoms with Crippen molar-refractivity contribution in [3.8, 4) is 0 Å². The number of nitrogens with one attached hydrogen (secondary N) is 2. The molecule has 1 heterocycles. The molecule has 0 saturated carbocycles. The van der Waals surface area contributed by atoms with Gasteiger partial charge >= 0.3 is 0 Å². The van der Waals surface area contributed by atoms with Crippen LogP contribution < -0.4 is 5.32 Å². The average molecular weight is 250 g/mol. The van der Waals surface area contributed by atoms with Crippen molar-refractivity contribution in [1.29, 1.82) is 0 Å². The molecule has 0 aliphatic heterocycles. The van der Waals surface area contributed by atoms with Gasteiger partial charge in [0.25, 0.3) is 0 Å². The molecule has 3 nitrogen and oxygen atoms in total. The Kier molecular flexibility index (Phi) is 2.80. The van der Waals surface area contributed by atoms with E-state index in [-0.39, 0.29) is 0 Å². The molecule has 0 spiro atoms. The second-order valence-corrected chi connectivity index (χ2v) is 4.51. The van der Waals surface area contributed by atoms with Gasteiger partial charge in [0.1, 0.15) is 0 Å². The molecule has 0 amide bonds. The van der Waals surface area contributed by atoms with Crippen LogP contribution in [0.2, 0.25) is 0 Å². The number of carbonyl (C=O) groups is 1. The Morgan fingerprint density at radius 1 is 1.05 bits per heavy atom. The summed E-state index contributed by atoms with van der Waals surface area (Å²) in [6.07, 6.45) is 2.80. The molecule has 0 fully saturated rings. The van der Waals surface area contributed by atoms with Crippen LogP contribution in [0.5, 0.6) is 0 Å². The fourth-order valence-corrected chi connectivity index (χ4v) is 2.28. The second-order valence-electron chi connectivity index (χ2n) is 4.51. The number of carbonyl (C=O) groups excluding carboxylic acids is 1. The predicted octanol–water partition coefficient (Wildman–Crippen LogP) is 4.03. The summed E-state index contributed by atoms with van der Waals surface area (Å²) in [5.74, 6) is 0. The zero-order chi connectivity index (χ0) is 13.2. The lowest BCUT2D eigenvalue weighted by atomic mass is 10.1. The molecule has 0 unspecified atom stereocenters. The van der Waals surface area contributed by atoms with E-state index in [0.717, 1.165) is 23.2 Å². The van der Waals surface area contributed by atoms with Gasteiger partial charge in [-0.1, -0.05) is 12.1 Å². The van der Waals surface area contributed by atoms with Crippen molar-refractivity contribution in [1.82, 2.24) is 4.98 Å². The Balaban J connectivity index is 2.05. The first kappa shape index (κ1) is 11.5. The minimum Gasteiger partial charge on any atom is -0.361 e. The van der Waals surface area contributed by atoms with E-state index in [2.05, 4.69) is 23.3 Å². The Morgan fingerprint density at radius 2 is 1.89 bits per heavy atom. The van der Waals surface area contributed by atoms with Crippen LogP contribution in [-0.4, -0.2) is 11.3 Å². The lowest BCUT2D eigenvalue weighted by Crippen LogP contribution is -1.97. The van der Waals surface area contributed by atoms with E-state index < -0.39 is 0 Å². The number of fused-ring (bicyclic) bond motifs is 1. The van der Waals surface area contributed by atoms with Crippen molar-refractivity contribution in [3.05, 3.63) is 59.8 Å². The Bertz CT molecular complexity index is 743. The highest BCUT2D eigenvalue weighted by Gasteiger charge is 2.06. The predicted molar refractivity (Wildman–Crippen MR) is 78.1 cm³/mol. The highest BCUT2D eigenvalue weighted by molar-refractivity contribution is 5.91. The highest BCUT2D eigenvalue weighted by Crippen LogP contribution is 2.28. The molecular weight excluding hydrogens is 236 g/mol. The van der Waals surface area contributed by atoms with Crippen molar-refractivity contribution in [2.45, 2.75) is 6.92 Å². The molecule has 0 bridgehead atoms. The minimum absolute atomic E-state index is 0.663. The number of hydrogen-bond acceptors (Lipinski definition) is 2. The van der Waals surface area contributed by atoms with E-state index in [1.165, 1.54) is 10.9 Å². The number of para-hydroxylation sites is 1. The fraction of sp³-hybridized carbons (Fsp3) is 0.0625. The summed E-state index contributed by atoms with van der Waals surface area (Å²) >= 11 is 0. The number of benzene rings is 2. The molecular formula is C16H14N2O. The molecule has 94 valence electrons. The number of hydrogen-bond donors (Lipinski definition) is 2. The maximum absolute atomic E-state index is 11.0. The summed E-state index contributed by atoms with van der Waals surface area (Å²) in [7, 11) is 0. The standard InChI is InChI=1S/C16H14N2O/c1-11-13-8-9-17-16(13)7-6-14(11)18-15-5-3-2-4-12(15)10-19/h2-10,17-18H,1H3. The van der Waals surface area contributed by atoms with Crippen molar-refractivity contribution in [3.63, 3.8) is 0 Å². The van der Waals surface area contributed by atoms with E-state index in [4.69, 9.17) is 0 Å². The number of aromatic nitrogens is 1. The third kappa shape index (κ3) is 1.99. The van der Waals surface area contributed by atoms with E-state index in [1.807, 2.05) is 36.5 Å². The summed E-state index contributed by atoms with van der Waals surface area (Å²) in [6, 6.07) is 13.6. The SMILES string of the molecule is Cc1c(Nc2ccccc2C=O)ccc2[nH]ccc12. The number of aldehydes is 1. The largest absolute Gasteiger partial charge is 0.361 e. The monoisotopic (exact) mass is 250 g/mol. The Hall–Kier alpha value is -2.55. The van der Waals surface area contributed by atoms with Gasteiger partial charge in [0.15, 0.2) is 6.29 Å². The molecule has 3 rings (SSSR count). The first-order valence-corrected chi connectivity index (χ1v) is 6.17. The van der Waals surface area contributed by atoms with Gasteiger partial charge in [0, 0.05) is 34.0 Å². The molecule has 3 aromatic rings. The number of aryl methyl sites for hydroxylation is 1. The van der Waals surface area contributed by atoms with Crippen LogP contribution in [0.3, 0.4) is 0 Å². The highest BCUT2D eigenvalue weighted by atomic mass is 16.1. The molecule has 0 radical (unpaired) electrons. The van der Waals surface area contributed by atoms with Gasteiger partial charge < -0.3 is 10.3 Å². The first-order valence-electron chi connectivity index (χ1n) is 6.17. The van der Waals surface area contributed by atoms with Gasteiger partial charge in [-0.2, -0.15) is 0 Å². The van der Waals surface area contributed by atoms with Crippen LogP contribution in [0.25, 0.3) is 10.9 Å². The smallest absolute Gasteiger partial charge is 0.152 e. The molecule has 1 aromatic heterocycles. The van der Waals surface area contributed by atoms with E-state index >= 15 is 0 Å². The second kappa shape index (κ2) is 4.61. The van der Waals surface area contributed by atoms with Gasteiger partial charge in [-0.3, -0.25) is 4.79 Å². The Labute approximate surface area is 111 Å². The molecule has 3 heteroatoms. The molecule has 2 aromatic carbocycles. The van der Waals surface area contributed by atoms with Crippen molar-refractivity contribution in [2.24, 2.45) is 0 Å². The first-order chi connectivity index (χ1) is 9.29. The van der Waals surface area contributed by atoms with Gasteiger partial charge in [-0.25, -0.2) is 0 Å². The topological polar surface area (TPSA) is 44.9 Å². The molecule has 19 heavy (non-hydrogen) atoms. The summed E-state index contributed by atoms with van der Waals surface area (Å²) < 4.78 is 0. The van der Waals surface area contributed by atoms with Crippen LogP contribution >= 0.6 is 0 Å². The summed E-state index contributed by atoms with van der Waals surface area (Å²) in [5, 5.41) is 4.52. The van der Waals surface area contributed by atoms with Crippen LogP contribution in [0.4, 0.5) is 11.4 Å². The third-order valence-electron chi connectivity index (χ3n) is 3.36. The van der Waals surface area contributed by atoms with Crippen LogP contribution in [0.1, 0.15) is 15.9 Å². The molecule has 0 atom stereocenters. The van der Waals surface area contributed by atoms with E-state index in [9.17, 15) is 4.79 Å². The average Bonchev–Trinajstić information content (AvgIpc) is 2.92. The number of H-pyrrole nitrogens is 1. The van der Waals surface area contributed by atoms with Crippen LogP contribution in [-0.2, 0) is 0 Å². The van der Waals surface area contributed by atoms with Crippen molar-refractivity contribution in [2.75, 3.05) is 5.32 Å². The van der Waals surface area contributed by atoms with Crippen LogP contribution in [0, 0.1) is 6.92 Å². The minimum atomic E-state index is 0.663. The zero-order valence-corrected chi connectivity index (χ0v) is 10.6. The number of aromatic amines is 1. The lowest BCUT2D eigenvalue weighted by molar-refractivity contribution is 0.112. The molecule has 0 aliphatic rings. The Morgan fingerprint density at radius 3 is 2.74 bits per heavy atom. The van der Waals surface area contributed by atoms with Gasteiger partial charge in [0.05, 0.1) is 0 Å². The third-order valence-corrected chi connectivity index (χ3v) is 3.36. The zero-order valence-electron chi connectivity index (χ0n) is 10.6. The summed E-state index contributed by atoms with van der Waals surface area (Å²) in [6.45, 7) is 2.07. The maximum atomic E-state index is 11.0. The fourth-order valence-electron chi connectivity index (χ4n) is 2.28. The molecule has 0 saturated heterocycles. The molecule has 2 N–H and O–H groups in total. The van der Waals surface area contributed by atoms with E-state index in [0.29, 0.717) is 5.56 Å². The maximum Gasteiger partial charge on any atom is 0.152 e. The quantitative estimate of drug-likeness (QED) is 0.689.